The maximum atomic E-state index is 12.9. The van der Waals surface area contributed by atoms with Crippen LogP contribution < -0.4 is 26.6 Å². The highest BCUT2D eigenvalue weighted by atomic mass is 127. The standard InChI is InChI=1S/C49H90IN5O13/c1-48(2,3)67-46(61)24-22-20-18-16-14-12-10-8-7-9-11-13-15-17-19-21-23-42(57)55-40(47(62)68-49(4,5)6)25-26-41(56)53-29-31-63-33-36-66-39-45(60)54-30-32-64-34-35-65-38-44(59)52-28-27-51-43(58)37-50/h40H,7-39H2,1-6H3,(H,51,58)(H,52,59)(H,53,56)(H,54,60)(H,55,57). The third-order valence-electron chi connectivity index (χ3n) is 9.88. The lowest BCUT2D eigenvalue weighted by Gasteiger charge is -2.24. The van der Waals surface area contributed by atoms with Crippen molar-refractivity contribution in [2.45, 2.75) is 187 Å². The molecule has 0 saturated carbocycles. The van der Waals surface area contributed by atoms with Crippen molar-refractivity contribution < 1.29 is 62.0 Å². The molecule has 18 nitrogen and oxygen atoms in total. The van der Waals surface area contributed by atoms with Crippen LogP contribution in [0.25, 0.3) is 0 Å². The minimum Gasteiger partial charge on any atom is -0.460 e. The average molecular weight is 1080 g/mol. The Morgan fingerprint density at radius 2 is 0.794 bits per heavy atom. The first kappa shape index (κ1) is 64.9. The molecule has 0 aliphatic heterocycles. The number of hydrogen-bond donors (Lipinski definition) is 5. The van der Waals surface area contributed by atoms with E-state index < -0.39 is 23.2 Å². The maximum absolute atomic E-state index is 12.9. The number of nitrogens with one attached hydrogen (secondary N) is 5. The van der Waals surface area contributed by atoms with E-state index in [2.05, 4.69) is 26.6 Å². The van der Waals surface area contributed by atoms with E-state index >= 15 is 0 Å². The summed E-state index contributed by atoms with van der Waals surface area (Å²) in [5.74, 6) is -1.87. The number of amides is 5. The molecule has 0 aliphatic carbocycles. The molecule has 0 radical (unpaired) electrons. The van der Waals surface area contributed by atoms with Crippen molar-refractivity contribution >= 4 is 64.1 Å². The summed E-state index contributed by atoms with van der Waals surface area (Å²) in [5.41, 5.74) is -1.14. The fourth-order valence-corrected chi connectivity index (χ4v) is 6.79. The molecule has 0 aromatic carbocycles. The van der Waals surface area contributed by atoms with Gasteiger partial charge < -0.3 is 55.0 Å². The zero-order valence-electron chi connectivity index (χ0n) is 42.6. The van der Waals surface area contributed by atoms with Crippen LogP contribution in [0.4, 0.5) is 0 Å². The van der Waals surface area contributed by atoms with Gasteiger partial charge in [-0.05, 0) is 60.8 Å². The van der Waals surface area contributed by atoms with Gasteiger partial charge >= 0.3 is 11.9 Å². The van der Waals surface area contributed by atoms with Crippen LogP contribution in [0.1, 0.15) is 170 Å². The molecule has 68 heavy (non-hydrogen) atoms. The number of rotatable bonds is 44. The number of halogens is 1. The number of ether oxygens (including phenoxy) is 6. The van der Waals surface area contributed by atoms with Gasteiger partial charge in [-0.15, -0.1) is 0 Å². The number of esters is 2. The van der Waals surface area contributed by atoms with E-state index in [-0.39, 0.29) is 114 Å². The van der Waals surface area contributed by atoms with Crippen molar-refractivity contribution in [1.82, 2.24) is 26.6 Å². The van der Waals surface area contributed by atoms with E-state index in [1.807, 2.05) is 43.4 Å². The molecule has 1 unspecified atom stereocenters. The first-order valence-electron chi connectivity index (χ1n) is 25.1. The summed E-state index contributed by atoms with van der Waals surface area (Å²) in [6, 6.07) is -0.932. The molecule has 0 fully saturated rings. The molecule has 1 atom stereocenters. The van der Waals surface area contributed by atoms with E-state index in [1.165, 1.54) is 64.2 Å². The Labute approximate surface area is 421 Å². The summed E-state index contributed by atoms with van der Waals surface area (Å²) >= 11 is 1.96. The van der Waals surface area contributed by atoms with Crippen LogP contribution in [-0.2, 0) is 62.0 Å². The molecule has 396 valence electrons. The predicted molar refractivity (Wildman–Crippen MR) is 270 cm³/mol. The zero-order valence-corrected chi connectivity index (χ0v) is 44.8. The molecule has 19 heteroatoms. The molecule has 0 rings (SSSR count). The molecule has 0 aliphatic rings. The second-order valence-corrected chi connectivity index (χ2v) is 19.6. The van der Waals surface area contributed by atoms with E-state index in [0.29, 0.717) is 30.4 Å². The van der Waals surface area contributed by atoms with Gasteiger partial charge in [0.25, 0.3) is 0 Å². The molecule has 5 amide bonds. The van der Waals surface area contributed by atoms with Crippen LogP contribution in [-0.4, -0.2) is 142 Å². The smallest absolute Gasteiger partial charge is 0.329 e. The summed E-state index contributed by atoms with van der Waals surface area (Å²) < 4.78 is 32.6. The van der Waals surface area contributed by atoms with Gasteiger partial charge in [-0.25, -0.2) is 4.79 Å². The van der Waals surface area contributed by atoms with E-state index in [9.17, 15) is 33.6 Å². The Hall–Kier alpha value is -3.14. The molecule has 0 saturated heterocycles. The van der Waals surface area contributed by atoms with Gasteiger partial charge in [0, 0.05) is 45.4 Å². The predicted octanol–water partition coefficient (Wildman–Crippen LogP) is 5.92. The first-order valence-corrected chi connectivity index (χ1v) is 26.6. The normalized spacial score (nSPS) is 11.9. The average Bonchev–Trinajstić information content (AvgIpc) is 3.26. The van der Waals surface area contributed by atoms with Crippen LogP contribution in [0.15, 0.2) is 0 Å². The number of carbonyl (C=O) groups is 7. The summed E-state index contributed by atoms with van der Waals surface area (Å²) in [7, 11) is 0. The summed E-state index contributed by atoms with van der Waals surface area (Å²) in [6.07, 6.45) is 19.4. The van der Waals surface area contributed by atoms with Crippen molar-refractivity contribution in [3.8, 4) is 0 Å². The maximum Gasteiger partial charge on any atom is 0.329 e. The number of carbonyl (C=O) groups excluding carboxylic acids is 7. The topological polar surface area (TPSA) is 235 Å². The summed E-state index contributed by atoms with van der Waals surface area (Å²) in [4.78, 5) is 84.8. The molecule has 0 heterocycles. The Morgan fingerprint density at radius 1 is 0.412 bits per heavy atom. The minimum absolute atomic E-state index is 0.0167. The lowest BCUT2D eigenvalue weighted by molar-refractivity contribution is -0.159. The van der Waals surface area contributed by atoms with Crippen LogP contribution in [0, 0.1) is 0 Å². The first-order chi connectivity index (χ1) is 32.4. The second-order valence-electron chi connectivity index (χ2n) is 18.8. The van der Waals surface area contributed by atoms with Crippen molar-refractivity contribution in [1.29, 1.82) is 0 Å². The highest BCUT2D eigenvalue weighted by Gasteiger charge is 2.27. The number of unbranched alkanes of at least 4 members (excludes halogenated alkanes) is 15. The fraction of sp³-hybridized carbons (Fsp3) is 0.857. The lowest BCUT2D eigenvalue weighted by Crippen LogP contribution is -2.44. The summed E-state index contributed by atoms with van der Waals surface area (Å²) in [5, 5.41) is 13.5. The number of hydrogen-bond acceptors (Lipinski definition) is 13. The van der Waals surface area contributed by atoms with Gasteiger partial charge in [-0.2, -0.15) is 0 Å². The van der Waals surface area contributed by atoms with Crippen molar-refractivity contribution in [2.24, 2.45) is 0 Å². The fourth-order valence-electron chi connectivity index (χ4n) is 6.52. The zero-order chi connectivity index (χ0) is 50.7. The molecule has 5 N–H and O–H groups in total. The van der Waals surface area contributed by atoms with E-state index in [0.717, 1.165) is 38.5 Å². The van der Waals surface area contributed by atoms with E-state index in [1.54, 1.807) is 20.8 Å². The third kappa shape index (κ3) is 46.6. The van der Waals surface area contributed by atoms with Crippen molar-refractivity contribution in [2.75, 3.05) is 83.5 Å². The van der Waals surface area contributed by atoms with Crippen molar-refractivity contribution in [3.05, 3.63) is 0 Å². The van der Waals surface area contributed by atoms with Crippen LogP contribution in [0.3, 0.4) is 0 Å². The molecular weight excluding hydrogens is 993 g/mol. The second kappa shape index (κ2) is 42.7. The monoisotopic (exact) mass is 1080 g/mol. The minimum atomic E-state index is -0.932. The molecule has 0 bridgehead atoms. The van der Waals surface area contributed by atoms with Crippen molar-refractivity contribution in [3.63, 3.8) is 0 Å². The van der Waals surface area contributed by atoms with Gasteiger partial charge in [0.2, 0.25) is 29.5 Å². The Morgan fingerprint density at radius 3 is 1.24 bits per heavy atom. The Balaban J connectivity index is 3.94. The Kier molecular flexibility index (Phi) is 40.7. The van der Waals surface area contributed by atoms with Gasteiger partial charge in [0.05, 0.1) is 44.1 Å². The van der Waals surface area contributed by atoms with Gasteiger partial charge in [0.15, 0.2) is 0 Å². The molecule has 0 aromatic rings. The third-order valence-corrected chi connectivity index (χ3v) is 10.6. The van der Waals surface area contributed by atoms with Gasteiger partial charge in [-0.3, -0.25) is 28.8 Å². The van der Waals surface area contributed by atoms with Gasteiger partial charge in [0.1, 0.15) is 30.5 Å². The molecule has 0 aromatic heterocycles. The lowest BCUT2D eigenvalue weighted by atomic mass is 10.0. The molecular formula is C49H90IN5O13. The largest absolute Gasteiger partial charge is 0.460 e. The van der Waals surface area contributed by atoms with E-state index in [4.69, 9.17) is 28.4 Å². The van der Waals surface area contributed by atoms with Crippen LogP contribution in [0.5, 0.6) is 0 Å². The summed E-state index contributed by atoms with van der Waals surface area (Å²) in [6.45, 7) is 13.2. The highest BCUT2D eigenvalue weighted by molar-refractivity contribution is 14.1. The quantitative estimate of drug-likeness (QED) is 0.0207. The number of alkyl halides is 1. The molecule has 0 spiro atoms. The van der Waals surface area contributed by atoms with Crippen LogP contribution in [0.2, 0.25) is 0 Å². The van der Waals surface area contributed by atoms with Crippen LogP contribution >= 0.6 is 22.6 Å². The SMILES string of the molecule is CC(C)(C)OC(=O)CCCCCCCCCCCCCCCCCCC(=O)NC(CCC(=O)NCCOCCOCC(=O)NCCOCCOCC(=O)NCCNC(=O)CI)C(=O)OC(C)(C)C. The highest BCUT2D eigenvalue weighted by Crippen LogP contribution is 2.16. The van der Waals surface area contributed by atoms with Gasteiger partial charge in [-0.1, -0.05) is 112 Å². The Bertz CT molecular complexity index is 1380.